The monoisotopic (exact) mass is 392 g/mol. The lowest BCUT2D eigenvalue weighted by molar-refractivity contribution is 0.0532. The van der Waals surface area contributed by atoms with Crippen LogP contribution in [0.2, 0.25) is 0 Å². The van der Waals surface area contributed by atoms with E-state index in [0.717, 1.165) is 30.9 Å². The minimum Gasteiger partial charge on any atom is -0.375 e. The molecule has 2 aromatic heterocycles. The number of morpholine rings is 1. The van der Waals surface area contributed by atoms with Crippen LogP contribution >= 0.6 is 0 Å². The number of hydrogen-bond acceptors (Lipinski definition) is 6. The fraction of sp³-hybridized carbons (Fsp3) is 0.318. The zero-order chi connectivity index (χ0) is 20.5. The number of aryl methyl sites for hydroxylation is 1. The molecule has 1 atom stereocenters. The number of aromatic nitrogens is 2. The summed E-state index contributed by atoms with van der Waals surface area (Å²) in [6.45, 7) is 8.04. The molecule has 1 unspecified atom stereocenters. The maximum atomic E-state index is 12.4. The SMILES string of the molecule is CC(=O)c1cc2cc[nH]c(=O)c2c(Nc2ccc(N3CCOC(C)C3)c(C)c2)n1. The molecule has 3 heterocycles. The lowest BCUT2D eigenvalue weighted by Crippen LogP contribution is -2.41. The molecule has 1 aromatic carbocycles. The van der Waals surface area contributed by atoms with Gasteiger partial charge in [0.15, 0.2) is 5.78 Å². The quantitative estimate of drug-likeness (QED) is 0.662. The Kier molecular flexibility index (Phi) is 5.07. The molecule has 0 radical (unpaired) electrons. The molecule has 2 N–H and O–H groups in total. The molecule has 7 heteroatoms. The van der Waals surface area contributed by atoms with Gasteiger partial charge in [0, 0.05) is 37.6 Å². The number of ether oxygens (including phenoxy) is 1. The number of nitrogens with zero attached hydrogens (tertiary/aromatic N) is 2. The molecule has 0 aliphatic carbocycles. The van der Waals surface area contributed by atoms with Crippen LogP contribution in [0.1, 0.15) is 29.9 Å². The first-order valence-corrected chi connectivity index (χ1v) is 9.70. The third-order valence-electron chi connectivity index (χ3n) is 5.16. The minimum absolute atomic E-state index is 0.150. The number of fused-ring (bicyclic) bond motifs is 1. The van der Waals surface area contributed by atoms with Crippen molar-refractivity contribution < 1.29 is 9.53 Å². The third kappa shape index (κ3) is 3.86. The predicted octanol–water partition coefficient (Wildman–Crippen LogP) is 3.40. The second-order valence-corrected chi connectivity index (χ2v) is 7.44. The Hall–Kier alpha value is -3.19. The van der Waals surface area contributed by atoms with Crippen LogP contribution in [0.5, 0.6) is 0 Å². The van der Waals surface area contributed by atoms with Crippen LogP contribution in [-0.4, -0.2) is 41.6 Å². The van der Waals surface area contributed by atoms with Crippen LogP contribution < -0.4 is 15.8 Å². The fourth-order valence-corrected chi connectivity index (χ4v) is 3.75. The van der Waals surface area contributed by atoms with Gasteiger partial charge in [-0.3, -0.25) is 9.59 Å². The zero-order valence-electron chi connectivity index (χ0n) is 16.8. The summed E-state index contributed by atoms with van der Waals surface area (Å²) in [5.41, 5.74) is 3.17. The van der Waals surface area contributed by atoms with Gasteiger partial charge in [-0.25, -0.2) is 4.98 Å². The van der Waals surface area contributed by atoms with Crippen molar-refractivity contribution >= 4 is 33.7 Å². The molecule has 3 aromatic rings. The molecule has 1 fully saturated rings. The highest BCUT2D eigenvalue weighted by molar-refractivity contribution is 6.00. The molecule has 7 nitrogen and oxygen atoms in total. The second kappa shape index (κ2) is 7.67. The van der Waals surface area contributed by atoms with Crippen molar-refractivity contribution in [3.05, 3.63) is 58.1 Å². The summed E-state index contributed by atoms with van der Waals surface area (Å²) in [4.78, 5) is 33.7. The standard InChI is InChI=1S/C22H24N4O3/c1-13-10-17(4-5-19(13)26-8-9-29-14(2)12-26)24-21-20-16(6-7-23-22(20)28)11-18(25-21)15(3)27/h4-7,10-11,14H,8-9,12H2,1-3H3,(H,23,28)(H,24,25). The van der Waals surface area contributed by atoms with Crippen molar-refractivity contribution in [3.63, 3.8) is 0 Å². The van der Waals surface area contributed by atoms with Crippen molar-refractivity contribution in [2.75, 3.05) is 29.9 Å². The first-order chi connectivity index (χ1) is 13.9. The van der Waals surface area contributed by atoms with E-state index in [9.17, 15) is 9.59 Å². The molecule has 0 spiro atoms. The predicted molar refractivity (Wildman–Crippen MR) is 114 cm³/mol. The van der Waals surface area contributed by atoms with E-state index in [4.69, 9.17) is 4.74 Å². The number of ketones is 1. The number of Topliss-reactive ketones (excluding diaryl/α,β-unsaturated/α-hetero) is 1. The van der Waals surface area contributed by atoms with Crippen LogP contribution in [0.15, 0.2) is 41.3 Å². The van der Waals surface area contributed by atoms with Crippen LogP contribution in [0.25, 0.3) is 10.8 Å². The number of pyridine rings is 2. The number of hydrogen-bond donors (Lipinski definition) is 2. The van der Waals surface area contributed by atoms with E-state index < -0.39 is 0 Å². The van der Waals surface area contributed by atoms with Gasteiger partial charge in [0.2, 0.25) is 0 Å². The lowest BCUT2D eigenvalue weighted by Gasteiger charge is -2.34. The molecule has 150 valence electrons. The number of rotatable bonds is 4. The van der Waals surface area contributed by atoms with Crippen molar-refractivity contribution in [3.8, 4) is 0 Å². The largest absolute Gasteiger partial charge is 0.375 e. The van der Waals surface area contributed by atoms with E-state index >= 15 is 0 Å². The van der Waals surface area contributed by atoms with E-state index in [-0.39, 0.29) is 17.4 Å². The van der Waals surface area contributed by atoms with E-state index in [1.807, 2.05) is 12.1 Å². The molecule has 1 aliphatic rings. The van der Waals surface area contributed by atoms with Gasteiger partial charge >= 0.3 is 0 Å². The van der Waals surface area contributed by atoms with Gasteiger partial charge in [-0.2, -0.15) is 0 Å². The van der Waals surface area contributed by atoms with Gasteiger partial charge in [0.05, 0.1) is 18.1 Å². The molecular formula is C22H24N4O3. The molecule has 1 aliphatic heterocycles. The molecule has 0 saturated carbocycles. The number of anilines is 3. The molecule has 29 heavy (non-hydrogen) atoms. The average Bonchev–Trinajstić information content (AvgIpc) is 2.68. The van der Waals surface area contributed by atoms with Crippen LogP contribution in [0, 0.1) is 6.92 Å². The molecule has 4 rings (SSSR count). The highest BCUT2D eigenvalue weighted by Crippen LogP contribution is 2.28. The van der Waals surface area contributed by atoms with E-state index in [1.165, 1.54) is 12.6 Å². The number of benzene rings is 1. The molecular weight excluding hydrogens is 368 g/mol. The van der Waals surface area contributed by atoms with Gasteiger partial charge in [-0.1, -0.05) is 0 Å². The first kappa shape index (κ1) is 19.1. The Bertz CT molecular complexity index is 1140. The maximum absolute atomic E-state index is 12.4. The number of nitrogens with one attached hydrogen (secondary N) is 2. The average molecular weight is 392 g/mol. The minimum atomic E-state index is -0.247. The number of carbonyl (C=O) groups is 1. The Morgan fingerprint density at radius 2 is 2.14 bits per heavy atom. The van der Waals surface area contributed by atoms with Gasteiger partial charge in [-0.15, -0.1) is 0 Å². The highest BCUT2D eigenvalue weighted by atomic mass is 16.5. The summed E-state index contributed by atoms with van der Waals surface area (Å²) in [6.07, 6.45) is 1.78. The molecule has 0 bridgehead atoms. The van der Waals surface area contributed by atoms with Gasteiger partial charge in [-0.05, 0) is 55.1 Å². The molecule has 0 amide bonds. The van der Waals surface area contributed by atoms with E-state index in [1.54, 1.807) is 18.3 Å². The smallest absolute Gasteiger partial charge is 0.259 e. The number of carbonyl (C=O) groups excluding carboxylic acids is 1. The van der Waals surface area contributed by atoms with Crippen molar-refractivity contribution in [2.45, 2.75) is 26.9 Å². The summed E-state index contributed by atoms with van der Waals surface area (Å²) in [7, 11) is 0. The number of H-pyrrole nitrogens is 1. The zero-order valence-corrected chi connectivity index (χ0v) is 16.8. The summed E-state index contributed by atoms with van der Waals surface area (Å²) < 4.78 is 5.63. The van der Waals surface area contributed by atoms with Crippen LogP contribution in [0.3, 0.4) is 0 Å². The Labute approximate surface area is 168 Å². The highest BCUT2D eigenvalue weighted by Gasteiger charge is 2.19. The van der Waals surface area contributed by atoms with Crippen LogP contribution in [0.4, 0.5) is 17.2 Å². The summed E-state index contributed by atoms with van der Waals surface area (Å²) in [5.74, 6) is 0.227. The Morgan fingerprint density at radius 1 is 1.31 bits per heavy atom. The van der Waals surface area contributed by atoms with Gasteiger partial charge in [0.1, 0.15) is 11.5 Å². The van der Waals surface area contributed by atoms with Crippen molar-refractivity contribution in [1.82, 2.24) is 9.97 Å². The van der Waals surface area contributed by atoms with E-state index in [2.05, 4.69) is 40.1 Å². The lowest BCUT2D eigenvalue weighted by atomic mass is 10.1. The topological polar surface area (TPSA) is 87.3 Å². The second-order valence-electron chi connectivity index (χ2n) is 7.44. The maximum Gasteiger partial charge on any atom is 0.259 e. The Balaban J connectivity index is 1.71. The summed E-state index contributed by atoms with van der Waals surface area (Å²) in [6, 6.07) is 9.47. The van der Waals surface area contributed by atoms with Gasteiger partial charge < -0.3 is 19.9 Å². The van der Waals surface area contributed by atoms with Crippen molar-refractivity contribution in [2.24, 2.45) is 0 Å². The first-order valence-electron chi connectivity index (χ1n) is 9.70. The Morgan fingerprint density at radius 3 is 2.86 bits per heavy atom. The normalized spacial score (nSPS) is 16.8. The fourth-order valence-electron chi connectivity index (χ4n) is 3.75. The van der Waals surface area contributed by atoms with Crippen molar-refractivity contribution in [1.29, 1.82) is 0 Å². The molecule has 1 saturated heterocycles. The summed E-state index contributed by atoms with van der Waals surface area (Å²) >= 11 is 0. The van der Waals surface area contributed by atoms with Gasteiger partial charge in [0.25, 0.3) is 5.56 Å². The third-order valence-corrected chi connectivity index (χ3v) is 5.16. The van der Waals surface area contributed by atoms with Crippen LogP contribution in [-0.2, 0) is 4.74 Å². The van der Waals surface area contributed by atoms with E-state index in [0.29, 0.717) is 22.3 Å². The number of aromatic amines is 1. The summed E-state index contributed by atoms with van der Waals surface area (Å²) in [5, 5.41) is 4.34.